The highest BCUT2D eigenvalue weighted by atomic mass is 14.9. The van der Waals surface area contributed by atoms with Crippen LogP contribution < -0.4 is 5.32 Å². The number of hydrogen-bond acceptors (Lipinski definition) is 1. The second kappa shape index (κ2) is 4.26. The fraction of sp³-hybridized carbons (Fsp3) is 1.00. The molecule has 2 aliphatic carbocycles. The summed E-state index contributed by atoms with van der Waals surface area (Å²) in [5.74, 6) is 2.77. The van der Waals surface area contributed by atoms with Gasteiger partial charge in [0.15, 0.2) is 0 Å². The monoisotopic (exact) mass is 237 g/mol. The molecule has 0 aromatic rings. The van der Waals surface area contributed by atoms with Gasteiger partial charge in [-0.1, -0.05) is 41.5 Å². The lowest BCUT2D eigenvalue weighted by atomic mass is 9.71. The van der Waals surface area contributed by atoms with E-state index in [1.54, 1.807) is 0 Å². The van der Waals surface area contributed by atoms with Gasteiger partial charge in [0.25, 0.3) is 0 Å². The summed E-state index contributed by atoms with van der Waals surface area (Å²) in [6.45, 7) is 15.7. The van der Waals surface area contributed by atoms with Gasteiger partial charge in [-0.15, -0.1) is 0 Å². The van der Waals surface area contributed by atoms with Gasteiger partial charge < -0.3 is 5.32 Å². The molecule has 1 nitrogen and oxygen atoms in total. The molecule has 1 spiro atoms. The Morgan fingerprint density at radius 3 is 2.12 bits per heavy atom. The molecule has 1 N–H and O–H groups in total. The largest absolute Gasteiger partial charge is 0.314 e. The molecule has 0 bridgehead atoms. The standard InChI is InChI=1S/C16H31N/c1-11(2)17-10-14-15(5,6)16(14)8-12(3)7-13(4)9-16/h11-14,17H,7-10H2,1-6H3. The number of hydrogen-bond donors (Lipinski definition) is 1. The lowest BCUT2D eigenvalue weighted by molar-refractivity contribution is 0.158. The van der Waals surface area contributed by atoms with Crippen LogP contribution in [0.15, 0.2) is 0 Å². The summed E-state index contributed by atoms with van der Waals surface area (Å²) < 4.78 is 0. The third-order valence-electron chi connectivity index (χ3n) is 5.70. The molecule has 0 aromatic heterocycles. The van der Waals surface area contributed by atoms with Crippen LogP contribution in [0.3, 0.4) is 0 Å². The Bertz CT molecular complexity index is 269. The summed E-state index contributed by atoms with van der Waals surface area (Å²) in [5.41, 5.74) is 1.23. The summed E-state index contributed by atoms with van der Waals surface area (Å²) in [4.78, 5) is 0. The van der Waals surface area contributed by atoms with Crippen LogP contribution in [-0.4, -0.2) is 12.6 Å². The van der Waals surface area contributed by atoms with Gasteiger partial charge in [0.1, 0.15) is 0 Å². The van der Waals surface area contributed by atoms with Gasteiger partial charge in [0.2, 0.25) is 0 Å². The Morgan fingerprint density at radius 1 is 1.12 bits per heavy atom. The van der Waals surface area contributed by atoms with Gasteiger partial charge in [0.05, 0.1) is 0 Å². The molecule has 2 rings (SSSR count). The first-order chi connectivity index (χ1) is 7.79. The van der Waals surface area contributed by atoms with Crippen LogP contribution in [0.25, 0.3) is 0 Å². The fourth-order valence-corrected chi connectivity index (χ4v) is 4.86. The molecule has 0 aromatic carbocycles. The van der Waals surface area contributed by atoms with E-state index in [1.807, 2.05) is 0 Å². The van der Waals surface area contributed by atoms with E-state index in [2.05, 4.69) is 46.9 Å². The van der Waals surface area contributed by atoms with Crippen molar-refractivity contribution in [3.05, 3.63) is 0 Å². The lowest BCUT2D eigenvalue weighted by Crippen LogP contribution is -2.29. The van der Waals surface area contributed by atoms with E-state index in [1.165, 1.54) is 25.8 Å². The van der Waals surface area contributed by atoms with E-state index in [4.69, 9.17) is 0 Å². The van der Waals surface area contributed by atoms with Gasteiger partial charge in [-0.25, -0.2) is 0 Å². The molecule has 2 aliphatic rings. The molecule has 0 radical (unpaired) electrons. The minimum absolute atomic E-state index is 0.567. The smallest absolute Gasteiger partial charge is 0.00105 e. The van der Waals surface area contributed by atoms with E-state index in [9.17, 15) is 0 Å². The predicted octanol–water partition coefficient (Wildman–Crippen LogP) is 4.08. The van der Waals surface area contributed by atoms with Crippen molar-refractivity contribution >= 4 is 0 Å². The van der Waals surface area contributed by atoms with Gasteiger partial charge in [-0.3, -0.25) is 0 Å². The highest BCUT2D eigenvalue weighted by molar-refractivity contribution is 5.19. The summed E-state index contributed by atoms with van der Waals surface area (Å²) in [6, 6.07) is 0.627. The zero-order valence-electron chi connectivity index (χ0n) is 12.6. The van der Waals surface area contributed by atoms with E-state index in [0.717, 1.165) is 17.8 Å². The van der Waals surface area contributed by atoms with Crippen molar-refractivity contribution in [2.75, 3.05) is 6.54 Å². The predicted molar refractivity (Wildman–Crippen MR) is 75.0 cm³/mol. The molecule has 17 heavy (non-hydrogen) atoms. The van der Waals surface area contributed by atoms with Crippen molar-refractivity contribution < 1.29 is 0 Å². The quantitative estimate of drug-likeness (QED) is 0.780. The second-order valence-electron chi connectivity index (χ2n) is 7.85. The third kappa shape index (κ3) is 2.16. The Labute approximate surface area is 108 Å². The van der Waals surface area contributed by atoms with E-state index in [0.29, 0.717) is 16.9 Å². The average Bonchev–Trinajstić information content (AvgIpc) is 2.55. The Balaban J connectivity index is 2.04. The highest BCUT2D eigenvalue weighted by Gasteiger charge is 2.70. The minimum atomic E-state index is 0.567. The number of rotatable bonds is 3. The molecule has 0 aliphatic heterocycles. The number of nitrogens with one attached hydrogen (secondary N) is 1. The van der Waals surface area contributed by atoms with Gasteiger partial charge in [-0.2, -0.15) is 0 Å². The molecule has 2 fully saturated rings. The first-order valence-electron chi connectivity index (χ1n) is 7.53. The molecule has 100 valence electrons. The SMILES string of the molecule is CC1CC(C)CC2(C1)C(CNC(C)C)C2(C)C. The molecule has 0 amide bonds. The normalized spacial score (nSPS) is 44.3. The maximum atomic E-state index is 3.66. The van der Waals surface area contributed by atoms with Crippen molar-refractivity contribution in [2.24, 2.45) is 28.6 Å². The Morgan fingerprint density at radius 2 is 1.65 bits per heavy atom. The second-order valence-corrected chi connectivity index (χ2v) is 7.85. The van der Waals surface area contributed by atoms with Crippen LogP contribution in [0.5, 0.6) is 0 Å². The molecular formula is C16H31N. The lowest BCUT2D eigenvalue weighted by Gasteiger charge is -2.34. The van der Waals surface area contributed by atoms with Crippen LogP contribution in [0.1, 0.15) is 60.8 Å². The summed E-state index contributed by atoms with van der Waals surface area (Å²) in [5, 5.41) is 3.66. The molecule has 0 saturated heterocycles. The fourth-order valence-electron chi connectivity index (χ4n) is 4.86. The average molecular weight is 237 g/mol. The van der Waals surface area contributed by atoms with E-state index in [-0.39, 0.29) is 0 Å². The first-order valence-corrected chi connectivity index (χ1v) is 7.53. The summed E-state index contributed by atoms with van der Waals surface area (Å²) in [6.07, 6.45) is 4.38. The summed E-state index contributed by atoms with van der Waals surface area (Å²) in [7, 11) is 0. The molecule has 2 saturated carbocycles. The minimum Gasteiger partial charge on any atom is -0.314 e. The zero-order chi connectivity index (χ0) is 12.8. The molecule has 3 atom stereocenters. The Hall–Kier alpha value is -0.0400. The van der Waals surface area contributed by atoms with Crippen LogP contribution >= 0.6 is 0 Å². The van der Waals surface area contributed by atoms with Crippen LogP contribution in [0.2, 0.25) is 0 Å². The van der Waals surface area contributed by atoms with E-state index < -0.39 is 0 Å². The molecule has 1 heteroatoms. The van der Waals surface area contributed by atoms with Gasteiger partial charge in [-0.05, 0) is 54.4 Å². The first kappa shape index (κ1) is 13.4. The highest BCUT2D eigenvalue weighted by Crippen LogP contribution is 2.75. The van der Waals surface area contributed by atoms with Crippen LogP contribution in [-0.2, 0) is 0 Å². The van der Waals surface area contributed by atoms with Crippen molar-refractivity contribution in [2.45, 2.75) is 66.8 Å². The van der Waals surface area contributed by atoms with Crippen LogP contribution in [0.4, 0.5) is 0 Å². The Kier molecular flexibility index (Phi) is 3.36. The molecule has 3 unspecified atom stereocenters. The summed E-state index contributed by atoms with van der Waals surface area (Å²) >= 11 is 0. The maximum Gasteiger partial charge on any atom is 0.00105 e. The topological polar surface area (TPSA) is 12.0 Å². The molecule has 0 heterocycles. The van der Waals surface area contributed by atoms with Crippen molar-refractivity contribution in [1.29, 1.82) is 0 Å². The van der Waals surface area contributed by atoms with Gasteiger partial charge in [0, 0.05) is 6.04 Å². The van der Waals surface area contributed by atoms with Crippen LogP contribution in [0, 0.1) is 28.6 Å². The van der Waals surface area contributed by atoms with Crippen molar-refractivity contribution in [1.82, 2.24) is 5.32 Å². The van der Waals surface area contributed by atoms with Crippen molar-refractivity contribution in [3.63, 3.8) is 0 Å². The third-order valence-corrected chi connectivity index (χ3v) is 5.70. The van der Waals surface area contributed by atoms with Crippen molar-refractivity contribution in [3.8, 4) is 0 Å². The van der Waals surface area contributed by atoms with E-state index >= 15 is 0 Å². The molecular weight excluding hydrogens is 206 g/mol. The van der Waals surface area contributed by atoms with Gasteiger partial charge >= 0.3 is 0 Å². The zero-order valence-corrected chi connectivity index (χ0v) is 12.6. The maximum absolute atomic E-state index is 3.66.